The first kappa shape index (κ1) is 21.2. The van der Waals surface area contributed by atoms with Gasteiger partial charge in [0.2, 0.25) is 5.91 Å². The fourth-order valence-electron chi connectivity index (χ4n) is 3.83. The smallest absolute Gasteiger partial charge is 0.264 e. The predicted molar refractivity (Wildman–Crippen MR) is 125 cm³/mol. The molecule has 2 aromatic carbocycles. The van der Waals surface area contributed by atoms with Crippen molar-refractivity contribution in [2.75, 3.05) is 31.0 Å². The molecule has 1 atom stereocenters. The molecule has 0 unspecified atom stereocenters. The van der Waals surface area contributed by atoms with Gasteiger partial charge in [0.05, 0.1) is 42.3 Å². The van der Waals surface area contributed by atoms with Crippen molar-refractivity contribution in [1.29, 1.82) is 0 Å². The molecule has 0 bridgehead atoms. The molecule has 1 saturated carbocycles. The van der Waals surface area contributed by atoms with Gasteiger partial charge in [0.25, 0.3) is 11.8 Å². The molecule has 1 aliphatic carbocycles. The summed E-state index contributed by atoms with van der Waals surface area (Å²) in [6.07, 6.45) is 2.17. The van der Waals surface area contributed by atoms with Gasteiger partial charge in [-0.2, -0.15) is 0 Å². The third-order valence-electron chi connectivity index (χ3n) is 5.54. The Bertz CT molecular complexity index is 1360. The molecule has 1 heterocycles. The lowest BCUT2D eigenvalue weighted by Crippen LogP contribution is -2.37. The van der Waals surface area contributed by atoms with E-state index in [2.05, 4.69) is 5.32 Å². The van der Waals surface area contributed by atoms with Crippen molar-refractivity contribution in [2.45, 2.75) is 25.8 Å². The fraction of sp³-hybridized carbons (Fsp3) is 0.375. The molecule has 1 N–H and O–H groups in total. The Morgan fingerprint density at radius 1 is 1.21 bits per heavy atom. The standard InChI is InChI=1S/C24H26N2O7S/c1-4-33-20-12-15(10-11-19(20)32-2)18(13-34(3,30)31)26-23(28)16-6-5-7-17(21(16)24(26)29)25-22(27)14-8-9-14/h5-7,10-12,14,18H,4,8-9,13H2,1-3H3,(H,25,27)/t18-/m0/s1/i13D2. The lowest BCUT2D eigenvalue weighted by molar-refractivity contribution is -0.117. The SMILES string of the molecule is [2H]C([2H])([C@@H](c1ccc(OC)c(OCC)c1)N1C(=O)c2cccc(NC(=O)C3CC3)c2C1=O)S(C)(=O)=O. The van der Waals surface area contributed by atoms with Crippen LogP contribution < -0.4 is 14.8 Å². The highest BCUT2D eigenvalue weighted by Gasteiger charge is 2.44. The van der Waals surface area contributed by atoms with Gasteiger partial charge in [0.1, 0.15) is 9.84 Å². The summed E-state index contributed by atoms with van der Waals surface area (Å²) in [5.74, 6) is -1.71. The number of carbonyl (C=O) groups excluding carboxylic acids is 3. The number of hydrogen-bond donors (Lipinski definition) is 1. The summed E-state index contributed by atoms with van der Waals surface area (Å²) in [7, 11) is -3.04. The van der Waals surface area contributed by atoms with Gasteiger partial charge in [-0.25, -0.2) is 8.42 Å². The van der Waals surface area contributed by atoms with Gasteiger partial charge in [-0.05, 0) is 49.6 Å². The highest BCUT2D eigenvalue weighted by Crippen LogP contribution is 2.39. The normalized spacial score (nSPS) is 17.6. The molecule has 0 spiro atoms. The van der Waals surface area contributed by atoms with Gasteiger partial charge in [-0.1, -0.05) is 12.1 Å². The van der Waals surface area contributed by atoms with Crippen LogP contribution >= 0.6 is 0 Å². The second-order valence-electron chi connectivity index (χ2n) is 8.11. The first-order chi connectivity index (χ1) is 16.9. The van der Waals surface area contributed by atoms with Crippen molar-refractivity contribution >= 4 is 33.2 Å². The van der Waals surface area contributed by atoms with Crippen LogP contribution in [0, 0.1) is 5.92 Å². The molecule has 2 aromatic rings. The van der Waals surface area contributed by atoms with Crippen LogP contribution in [0.3, 0.4) is 0 Å². The van der Waals surface area contributed by atoms with E-state index in [-0.39, 0.29) is 46.6 Å². The summed E-state index contributed by atoms with van der Waals surface area (Å²) >= 11 is 0. The Kier molecular flexibility index (Phi) is 5.66. The van der Waals surface area contributed by atoms with Gasteiger partial charge in [0, 0.05) is 14.9 Å². The molecule has 3 amide bonds. The molecule has 9 nitrogen and oxygen atoms in total. The van der Waals surface area contributed by atoms with Crippen molar-refractivity contribution in [2.24, 2.45) is 5.92 Å². The number of methoxy groups -OCH3 is 1. The van der Waals surface area contributed by atoms with Crippen molar-refractivity contribution < 1.29 is 35.0 Å². The van der Waals surface area contributed by atoms with Gasteiger partial charge in [0.15, 0.2) is 11.5 Å². The van der Waals surface area contributed by atoms with Gasteiger partial charge < -0.3 is 14.8 Å². The molecular formula is C24H26N2O7S. The Labute approximate surface area is 200 Å². The summed E-state index contributed by atoms with van der Waals surface area (Å²) < 4.78 is 53.0. The maximum Gasteiger partial charge on any atom is 0.264 e. The number of imide groups is 1. The van der Waals surface area contributed by atoms with Crippen molar-refractivity contribution in [3.8, 4) is 11.5 Å². The molecule has 34 heavy (non-hydrogen) atoms. The van der Waals surface area contributed by atoms with Crippen LogP contribution in [0.25, 0.3) is 0 Å². The highest BCUT2D eigenvalue weighted by atomic mass is 32.2. The van der Waals surface area contributed by atoms with E-state index < -0.39 is 33.4 Å². The minimum absolute atomic E-state index is 0.0211. The number of ether oxygens (including phenoxy) is 2. The van der Waals surface area contributed by atoms with Gasteiger partial charge in [-0.3, -0.25) is 19.3 Å². The largest absolute Gasteiger partial charge is 0.493 e. The minimum atomic E-state index is -4.45. The number of nitrogens with one attached hydrogen (secondary N) is 1. The molecule has 4 rings (SSSR count). The topological polar surface area (TPSA) is 119 Å². The van der Waals surface area contributed by atoms with E-state index >= 15 is 0 Å². The van der Waals surface area contributed by atoms with Crippen LogP contribution in [0.5, 0.6) is 11.5 Å². The number of carbonyl (C=O) groups is 3. The Hall–Kier alpha value is -3.40. The summed E-state index contributed by atoms with van der Waals surface area (Å²) in [6.45, 7) is 1.96. The number of benzene rings is 2. The second-order valence-corrected chi connectivity index (χ2v) is 9.89. The van der Waals surface area contributed by atoms with E-state index in [4.69, 9.17) is 12.2 Å². The molecule has 2 aliphatic rings. The second kappa shape index (κ2) is 9.09. The molecule has 0 radical (unpaired) electrons. The first-order valence-corrected chi connectivity index (χ1v) is 12.6. The number of amides is 3. The highest BCUT2D eigenvalue weighted by molar-refractivity contribution is 7.90. The lowest BCUT2D eigenvalue weighted by atomic mass is 10.1. The number of rotatable bonds is 9. The fourth-order valence-corrected chi connectivity index (χ4v) is 4.47. The third-order valence-corrected chi connectivity index (χ3v) is 6.19. The van der Waals surface area contributed by atoms with Crippen molar-refractivity contribution in [1.82, 2.24) is 4.90 Å². The number of hydrogen-bond acceptors (Lipinski definition) is 7. The lowest BCUT2D eigenvalue weighted by Gasteiger charge is -2.27. The average Bonchev–Trinajstić information content (AvgIpc) is 3.63. The molecular weight excluding hydrogens is 460 g/mol. The summed E-state index contributed by atoms with van der Waals surface area (Å²) in [6, 6.07) is 6.70. The zero-order chi connectivity index (χ0) is 26.4. The zero-order valence-electron chi connectivity index (χ0n) is 21.0. The van der Waals surface area contributed by atoms with Gasteiger partial charge >= 0.3 is 0 Å². The molecule has 180 valence electrons. The minimum Gasteiger partial charge on any atom is -0.493 e. The Morgan fingerprint density at radius 2 is 1.94 bits per heavy atom. The zero-order valence-corrected chi connectivity index (χ0v) is 19.8. The Balaban J connectivity index is 1.85. The molecule has 1 aliphatic heterocycles. The van der Waals surface area contributed by atoms with E-state index in [1.807, 2.05) is 0 Å². The van der Waals surface area contributed by atoms with E-state index in [9.17, 15) is 22.8 Å². The van der Waals surface area contributed by atoms with Crippen LogP contribution in [0.2, 0.25) is 0 Å². The maximum absolute atomic E-state index is 13.7. The monoisotopic (exact) mass is 488 g/mol. The van der Waals surface area contributed by atoms with Crippen LogP contribution in [-0.2, 0) is 14.6 Å². The van der Waals surface area contributed by atoms with Crippen LogP contribution in [0.1, 0.15) is 54.8 Å². The van der Waals surface area contributed by atoms with Crippen LogP contribution in [-0.4, -0.2) is 56.7 Å². The van der Waals surface area contributed by atoms with Crippen molar-refractivity contribution in [3.05, 3.63) is 53.1 Å². The maximum atomic E-state index is 13.7. The van der Waals surface area contributed by atoms with Crippen LogP contribution in [0.4, 0.5) is 5.69 Å². The molecule has 10 heteroatoms. The number of anilines is 1. The molecule has 0 aromatic heterocycles. The van der Waals surface area contributed by atoms with Gasteiger partial charge in [-0.15, -0.1) is 0 Å². The van der Waals surface area contributed by atoms with E-state index in [1.165, 1.54) is 43.5 Å². The Morgan fingerprint density at radius 3 is 2.56 bits per heavy atom. The van der Waals surface area contributed by atoms with Crippen molar-refractivity contribution in [3.63, 3.8) is 0 Å². The summed E-state index contributed by atoms with van der Waals surface area (Å²) in [5, 5.41) is 2.68. The van der Waals surface area contributed by atoms with E-state index in [1.54, 1.807) is 6.92 Å². The number of sulfone groups is 1. The summed E-state index contributed by atoms with van der Waals surface area (Å²) in [5.41, 5.74) is -3.08. The van der Waals surface area contributed by atoms with E-state index in [0.717, 1.165) is 12.8 Å². The van der Waals surface area contributed by atoms with E-state index in [0.29, 0.717) is 16.9 Å². The average molecular weight is 489 g/mol. The first-order valence-electron chi connectivity index (χ1n) is 11.7. The molecule has 0 saturated heterocycles. The third kappa shape index (κ3) is 4.63. The quantitative estimate of drug-likeness (QED) is 0.539. The van der Waals surface area contributed by atoms with Crippen LogP contribution in [0.15, 0.2) is 36.4 Å². The molecule has 1 fully saturated rings. The number of nitrogens with zero attached hydrogens (tertiary/aromatic N) is 1. The summed E-state index contributed by atoms with van der Waals surface area (Å²) in [4.78, 5) is 40.1. The number of fused-ring (bicyclic) bond motifs is 1. The predicted octanol–water partition coefficient (Wildman–Crippen LogP) is 2.82.